The van der Waals surface area contributed by atoms with Crippen molar-refractivity contribution in [1.29, 1.82) is 0 Å². The Bertz CT molecular complexity index is 2270. The number of carbonyl (C=O) groups excluding carboxylic acids is 2. The highest BCUT2D eigenvalue weighted by atomic mass is 16.2. The number of para-hydroxylation sites is 1. The second-order valence-corrected chi connectivity index (χ2v) is 14.4. The number of benzene rings is 3. The molecule has 8 rings (SSSR count). The average Bonchev–Trinajstić information content (AvgIpc) is 3.94. The summed E-state index contributed by atoms with van der Waals surface area (Å²) < 4.78 is 0. The van der Waals surface area contributed by atoms with E-state index in [1.807, 2.05) is 46.6 Å². The highest BCUT2D eigenvalue weighted by Crippen LogP contribution is 2.44. The SMILES string of the molecule is CCCCC(=O)N(CCCC)C(C)c1ncc(-c2ccc3nc(-c4ccc(-c5cnc(C6Cc7cccc8c7N6C(=O)CCC8)[nH]5)cc4)cnc3c2)[nH]1. The van der Waals surface area contributed by atoms with Crippen molar-refractivity contribution in [2.75, 3.05) is 11.4 Å². The third kappa shape index (κ3) is 6.74. The lowest BCUT2D eigenvalue weighted by Gasteiger charge is -2.28. The molecule has 0 spiro atoms. The van der Waals surface area contributed by atoms with Crippen LogP contribution in [0.5, 0.6) is 0 Å². The molecule has 0 radical (unpaired) electrons. The summed E-state index contributed by atoms with van der Waals surface area (Å²) in [6, 6.07) is 20.4. The van der Waals surface area contributed by atoms with E-state index in [0.717, 1.165) is 114 Å². The van der Waals surface area contributed by atoms with Crippen molar-refractivity contribution in [3.8, 4) is 33.8 Å². The molecule has 5 heterocycles. The van der Waals surface area contributed by atoms with Gasteiger partial charge in [0, 0.05) is 36.9 Å². The minimum atomic E-state index is -0.136. The van der Waals surface area contributed by atoms with Gasteiger partial charge in [-0.15, -0.1) is 0 Å². The summed E-state index contributed by atoms with van der Waals surface area (Å²) in [7, 11) is 0. The standard InChI is InChI=1S/C43H46N8O2/c1-4-6-13-39(52)50(21-7-5-2)27(3)42-45-26-37(48-42)31-19-20-33-34(22-31)44-24-35(47-33)28-15-17-29(18-16-28)36-25-46-43(49-36)38-23-32-12-8-10-30-11-9-14-40(53)51(38)41(30)32/h8,10,12,15-20,22,24-27,38H,4-7,9,11,13-14,21,23H2,1-3H3,(H,45,48)(H,46,49). The normalized spacial score (nSPS) is 15.8. The molecule has 6 aromatic rings. The minimum absolute atomic E-state index is 0.121. The molecule has 0 fully saturated rings. The van der Waals surface area contributed by atoms with Gasteiger partial charge in [-0.1, -0.05) is 75.2 Å². The van der Waals surface area contributed by atoms with Crippen LogP contribution in [-0.2, 0) is 22.4 Å². The Morgan fingerprint density at radius 2 is 1.60 bits per heavy atom. The number of carbonyl (C=O) groups is 2. The number of aryl methyl sites for hydroxylation is 1. The minimum Gasteiger partial charge on any atom is -0.340 e. The number of imidazole rings is 2. The molecule has 270 valence electrons. The number of amides is 2. The molecule has 2 amide bonds. The lowest BCUT2D eigenvalue weighted by atomic mass is 10.0. The van der Waals surface area contributed by atoms with Gasteiger partial charge in [-0.3, -0.25) is 14.6 Å². The van der Waals surface area contributed by atoms with Gasteiger partial charge in [0.1, 0.15) is 11.6 Å². The van der Waals surface area contributed by atoms with Gasteiger partial charge in [0.25, 0.3) is 0 Å². The third-order valence-corrected chi connectivity index (χ3v) is 10.8. The quantitative estimate of drug-likeness (QED) is 0.131. The largest absolute Gasteiger partial charge is 0.340 e. The molecule has 0 aliphatic carbocycles. The Morgan fingerprint density at radius 1 is 0.849 bits per heavy atom. The Hall–Kier alpha value is -5.64. The fraction of sp³-hybridized carbons (Fsp3) is 0.349. The number of H-pyrrole nitrogens is 2. The van der Waals surface area contributed by atoms with Gasteiger partial charge in [0.05, 0.1) is 64.5 Å². The van der Waals surface area contributed by atoms with E-state index < -0.39 is 0 Å². The summed E-state index contributed by atoms with van der Waals surface area (Å²) in [5.41, 5.74) is 10.7. The van der Waals surface area contributed by atoms with Crippen LogP contribution in [-0.4, -0.2) is 53.2 Å². The van der Waals surface area contributed by atoms with E-state index in [-0.39, 0.29) is 23.9 Å². The van der Waals surface area contributed by atoms with Crippen LogP contribution in [0, 0.1) is 0 Å². The van der Waals surface area contributed by atoms with Gasteiger partial charge < -0.3 is 19.8 Å². The smallest absolute Gasteiger partial charge is 0.227 e. The van der Waals surface area contributed by atoms with E-state index in [2.05, 4.69) is 78.2 Å². The zero-order valence-corrected chi connectivity index (χ0v) is 30.7. The summed E-state index contributed by atoms with van der Waals surface area (Å²) >= 11 is 0. The number of nitrogens with zero attached hydrogens (tertiary/aromatic N) is 6. The molecule has 2 aliphatic rings. The van der Waals surface area contributed by atoms with Crippen LogP contribution in [0.4, 0.5) is 5.69 Å². The first-order chi connectivity index (χ1) is 25.9. The summed E-state index contributed by atoms with van der Waals surface area (Å²) in [5.74, 6) is 1.96. The molecule has 10 heteroatoms. The first kappa shape index (κ1) is 34.4. The molecular weight excluding hydrogens is 661 g/mol. The van der Waals surface area contributed by atoms with Crippen molar-refractivity contribution in [1.82, 2.24) is 34.8 Å². The molecule has 0 saturated carbocycles. The highest BCUT2D eigenvalue weighted by molar-refractivity contribution is 5.98. The summed E-state index contributed by atoms with van der Waals surface area (Å²) in [6.07, 6.45) is 13.1. The maximum Gasteiger partial charge on any atom is 0.227 e. The van der Waals surface area contributed by atoms with Crippen molar-refractivity contribution in [3.05, 3.63) is 102 Å². The molecule has 0 saturated heterocycles. The number of fused-ring (bicyclic) bond motifs is 1. The molecule has 10 nitrogen and oxygen atoms in total. The molecule has 3 aromatic carbocycles. The lowest BCUT2D eigenvalue weighted by Crippen LogP contribution is -2.34. The first-order valence-electron chi connectivity index (χ1n) is 19.1. The second-order valence-electron chi connectivity index (χ2n) is 14.4. The number of nitrogens with one attached hydrogen (secondary N) is 2. The Labute approximate surface area is 310 Å². The fourth-order valence-electron chi connectivity index (χ4n) is 7.81. The van der Waals surface area contributed by atoms with E-state index in [0.29, 0.717) is 12.8 Å². The van der Waals surface area contributed by atoms with E-state index in [1.165, 1.54) is 11.1 Å². The third-order valence-electron chi connectivity index (χ3n) is 10.8. The van der Waals surface area contributed by atoms with Crippen molar-refractivity contribution in [2.45, 2.75) is 90.6 Å². The van der Waals surface area contributed by atoms with Gasteiger partial charge >= 0.3 is 0 Å². The van der Waals surface area contributed by atoms with Crippen LogP contribution in [0.15, 0.2) is 79.3 Å². The Balaban J connectivity index is 0.970. The fourth-order valence-corrected chi connectivity index (χ4v) is 7.81. The predicted molar refractivity (Wildman–Crippen MR) is 208 cm³/mol. The molecule has 2 atom stereocenters. The van der Waals surface area contributed by atoms with Gasteiger partial charge in [0.2, 0.25) is 11.8 Å². The number of hydrogen-bond donors (Lipinski definition) is 2. The van der Waals surface area contributed by atoms with E-state index in [9.17, 15) is 9.59 Å². The molecule has 3 aromatic heterocycles. The zero-order valence-electron chi connectivity index (χ0n) is 30.7. The Morgan fingerprint density at radius 3 is 2.43 bits per heavy atom. The van der Waals surface area contributed by atoms with Crippen molar-refractivity contribution in [3.63, 3.8) is 0 Å². The molecule has 53 heavy (non-hydrogen) atoms. The van der Waals surface area contributed by atoms with E-state index in [4.69, 9.17) is 15.0 Å². The number of aromatic nitrogens is 6. The zero-order chi connectivity index (χ0) is 36.5. The maximum absolute atomic E-state index is 13.2. The number of anilines is 1. The van der Waals surface area contributed by atoms with Crippen LogP contribution in [0.2, 0.25) is 0 Å². The summed E-state index contributed by atoms with van der Waals surface area (Å²) in [6.45, 7) is 7.04. The second kappa shape index (κ2) is 14.8. The van der Waals surface area contributed by atoms with Crippen molar-refractivity contribution >= 4 is 28.5 Å². The monoisotopic (exact) mass is 706 g/mol. The van der Waals surface area contributed by atoms with Crippen LogP contribution < -0.4 is 4.90 Å². The van der Waals surface area contributed by atoms with Crippen molar-refractivity contribution in [2.24, 2.45) is 0 Å². The number of rotatable bonds is 12. The van der Waals surface area contributed by atoms with Gasteiger partial charge in [-0.25, -0.2) is 15.0 Å². The van der Waals surface area contributed by atoms with Crippen LogP contribution in [0.1, 0.15) is 101 Å². The van der Waals surface area contributed by atoms with E-state index in [1.54, 1.807) is 0 Å². The topological polar surface area (TPSA) is 124 Å². The molecule has 2 aliphatic heterocycles. The molecular formula is C43H46N8O2. The first-order valence-corrected chi connectivity index (χ1v) is 19.1. The molecule has 0 bridgehead atoms. The molecule has 2 N–H and O–H groups in total. The Kier molecular flexibility index (Phi) is 9.60. The summed E-state index contributed by atoms with van der Waals surface area (Å²) in [4.78, 5) is 56.4. The number of hydrogen-bond acceptors (Lipinski definition) is 6. The maximum atomic E-state index is 13.2. The lowest BCUT2D eigenvalue weighted by molar-refractivity contribution is -0.133. The van der Waals surface area contributed by atoms with Gasteiger partial charge in [0.15, 0.2) is 0 Å². The van der Waals surface area contributed by atoms with Crippen LogP contribution >= 0.6 is 0 Å². The van der Waals surface area contributed by atoms with Gasteiger partial charge in [-0.2, -0.15) is 0 Å². The van der Waals surface area contributed by atoms with Crippen molar-refractivity contribution < 1.29 is 9.59 Å². The van der Waals surface area contributed by atoms with Crippen LogP contribution in [0.25, 0.3) is 44.8 Å². The number of aromatic amines is 2. The highest BCUT2D eigenvalue weighted by Gasteiger charge is 2.39. The van der Waals surface area contributed by atoms with Crippen LogP contribution in [0.3, 0.4) is 0 Å². The average molecular weight is 707 g/mol. The predicted octanol–water partition coefficient (Wildman–Crippen LogP) is 8.92. The molecule has 2 unspecified atom stereocenters. The van der Waals surface area contributed by atoms with Gasteiger partial charge in [-0.05, 0) is 61.4 Å². The van der Waals surface area contributed by atoms with E-state index >= 15 is 0 Å². The number of unbranched alkanes of at least 4 members (excludes halogenated alkanes) is 2. The summed E-state index contributed by atoms with van der Waals surface area (Å²) in [5, 5.41) is 0.